The van der Waals surface area contributed by atoms with Crippen molar-refractivity contribution in [1.29, 1.82) is 0 Å². The summed E-state index contributed by atoms with van der Waals surface area (Å²) in [4.78, 5) is 0. The molecular formula is C14H16Cl2Zr. The van der Waals surface area contributed by atoms with Gasteiger partial charge in [-0.05, 0) is 0 Å². The van der Waals surface area contributed by atoms with Gasteiger partial charge in [0, 0.05) is 0 Å². The third-order valence-electron chi connectivity index (χ3n) is 2.75. The van der Waals surface area contributed by atoms with Gasteiger partial charge in [-0.15, -0.1) is 0 Å². The van der Waals surface area contributed by atoms with E-state index in [1.807, 2.05) is 6.08 Å². The Morgan fingerprint density at radius 1 is 1.24 bits per heavy atom. The van der Waals surface area contributed by atoms with E-state index in [0.717, 1.165) is 6.42 Å². The van der Waals surface area contributed by atoms with E-state index >= 15 is 0 Å². The van der Waals surface area contributed by atoms with E-state index in [9.17, 15) is 0 Å². The van der Waals surface area contributed by atoms with Gasteiger partial charge in [0.05, 0.1) is 0 Å². The van der Waals surface area contributed by atoms with Crippen LogP contribution in [0.5, 0.6) is 0 Å². The third kappa shape index (κ3) is 5.12. The molecule has 0 N–H and O–H groups in total. The molecule has 0 unspecified atom stereocenters. The number of halogens is 2. The van der Waals surface area contributed by atoms with Gasteiger partial charge in [0.25, 0.3) is 0 Å². The molecule has 0 amide bonds. The maximum absolute atomic E-state index is 3.80. The molecule has 0 atom stereocenters. The van der Waals surface area contributed by atoms with Crippen LogP contribution in [-0.4, -0.2) is 0 Å². The van der Waals surface area contributed by atoms with Crippen LogP contribution in [0.4, 0.5) is 0 Å². The molecule has 0 saturated heterocycles. The van der Waals surface area contributed by atoms with Gasteiger partial charge in [-0.2, -0.15) is 0 Å². The molecule has 3 heteroatoms. The molecule has 0 aliphatic heterocycles. The Labute approximate surface area is 128 Å². The molecule has 0 aromatic rings. The predicted molar refractivity (Wildman–Crippen MR) is 62.1 cm³/mol. The smallest absolute Gasteiger partial charge is 1.00 e. The summed E-state index contributed by atoms with van der Waals surface area (Å²) in [6.45, 7) is 3.80. The second-order valence-electron chi connectivity index (χ2n) is 3.90. The third-order valence-corrected chi connectivity index (χ3v) is 6.39. The zero-order chi connectivity index (χ0) is 10.5. The summed E-state index contributed by atoms with van der Waals surface area (Å²) in [5, 5.41) is 0. The maximum Gasteiger partial charge on any atom is -1.00 e. The van der Waals surface area contributed by atoms with Crippen molar-refractivity contribution in [1.82, 2.24) is 0 Å². The van der Waals surface area contributed by atoms with Crippen LogP contribution in [0.1, 0.15) is 25.7 Å². The number of allylic oxidation sites excluding steroid dienone is 9. The summed E-state index contributed by atoms with van der Waals surface area (Å²) < 4.78 is 3.44. The van der Waals surface area contributed by atoms with Crippen molar-refractivity contribution in [2.24, 2.45) is 0 Å². The van der Waals surface area contributed by atoms with E-state index in [0.29, 0.717) is 0 Å². The molecule has 0 radical (unpaired) electrons. The molecule has 0 fully saturated rings. The summed E-state index contributed by atoms with van der Waals surface area (Å²) in [5.74, 6) is 0. The molecule has 0 aromatic carbocycles. The van der Waals surface area contributed by atoms with Gasteiger partial charge in [0.1, 0.15) is 0 Å². The van der Waals surface area contributed by atoms with Gasteiger partial charge in [-0.3, -0.25) is 0 Å². The quantitative estimate of drug-likeness (QED) is 0.511. The fourth-order valence-electron chi connectivity index (χ4n) is 1.90. The Morgan fingerprint density at radius 2 is 2.06 bits per heavy atom. The SMILES string of the molecule is C=CCCC1=[C]([Zr+2][C]2=CC=CC2)C=CC1.[Cl-].[Cl-]. The van der Waals surface area contributed by atoms with Gasteiger partial charge >= 0.3 is 104 Å². The minimum atomic E-state index is -0.446. The first-order valence-electron chi connectivity index (χ1n) is 5.52. The fourth-order valence-corrected chi connectivity index (χ4v) is 5.22. The average Bonchev–Trinajstić information content (AvgIpc) is 2.87. The second kappa shape index (κ2) is 9.14. The van der Waals surface area contributed by atoms with Gasteiger partial charge in [0.15, 0.2) is 0 Å². The van der Waals surface area contributed by atoms with E-state index in [1.54, 1.807) is 12.1 Å². The van der Waals surface area contributed by atoms with Crippen LogP contribution < -0.4 is 24.8 Å². The van der Waals surface area contributed by atoms with Crippen molar-refractivity contribution in [2.75, 3.05) is 0 Å². The molecule has 2 aliphatic rings. The van der Waals surface area contributed by atoms with E-state index in [1.165, 1.54) is 19.3 Å². The first-order valence-corrected chi connectivity index (χ1v) is 7.98. The van der Waals surface area contributed by atoms with Crippen molar-refractivity contribution < 1.29 is 48.0 Å². The maximum atomic E-state index is 3.80. The molecular weight excluding hydrogens is 330 g/mol. The van der Waals surface area contributed by atoms with Crippen LogP contribution in [0.25, 0.3) is 0 Å². The minimum Gasteiger partial charge on any atom is -1.00 e. The van der Waals surface area contributed by atoms with E-state index in [4.69, 9.17) is 0 Å². The Hall–Kier alpha value is 0.163. The van der Waals surface area contributed by atoms with Crippen molar-refractivity contribution in [2.45, 2.75) is 25.7 Å². The van der Waals surface area contributed by atoms with Gasteiger partial charge in [0.2, 0.25) is 0 Å². The van der Waals surface area contributed by atoms with Crippen LogP contribution >= 0.6 is 0 Å². The zero-order valence-corrected chi connectivity index (χ0v) is 13.7. The van der Waals surface area contributed by atoms with Crippen LogP contribution in [0, 0.1) is 0 Å². The largest absolute Gasteiger partial charge is 1.00 e. The summed E-state index contributed by atoms with van der Waals surface area (Å²) in [6.07, 6.45) is 18.3. The van der Waals surface area contributed by atoms with Crippen LogP contribution in [0.2, 0.25) is 0 Å². The minimum absolute atomic E-state index is 0. The fraction of sp³-hybridized carbons (Fsp3) is 0.286. The first kappa shape index (κ1) is 17.2. The molecule has 90 valence electrons. The molecule has 0 saturated carbocycles. The Morgan fingerprint density at radius 3 is 2.71 bits per heavy atom. The summed E-state index contributed by atoms with van der Waals surface area (Å²) in [5.41, 5.74) is 1.69. The van der Waals surface area contributed by atoms with Crippen molar-refractivity contribution in [3.05, 3.63) is 55.2 Å². The molecule has 0 bridgehead atoms. The number of hydrogen-bond acceptors (Lipinski definition) is 0. The normalized spacial score (nSPS) is 16.1. The van der Waals surface area contributed by atoms with Crippen LogP contribution in [0.3, 0.4) is 0 Å². The van der Waals surface area contributed by atoms with Crippen molar-refractivity contribution in [3.8, 4) is 0 Å². The summed E-state index contributed by atoms with van der Waals surface area (Å²) in [6, 6.07) is 0. The molecule has 0 heterocycles. The van der Waals surface area contributed by atoms with Gasteiger partial charge in [-0.1, -0.05) is 0 Å². The van der Waals surface area contributed by atoms with Crippen molar-refractivity contribution >= 4 is 0 Å². The Bertz CT molecular complexity index is 376. The van der Waals surface area contributed by atoms with E-state index < -0.39 is 23.2 Å². The van der Waals surface area contributed by atoms with Gasteiger partial charge in [-0.25, -0.2) is 0 Å². The van der Waals surface area contributed by atoms with Crippen molar-refractivity contribution in [3.63, 3.8) is 0 Å². The van der Waals surface area contributed by atoms with E-state index in [-0.39, 0.29) is 24.8 Å². The van der Waals surface area contributed by atoms with Crippen LogP contribution in [0.15, 0.2) is 55.2 Å². The summed E-state index contributed by atoms with van der Waals surface area (Å²) in [7, 11) is 0. The zero-order valence-electron chi connectivity index (χ0n) is 9.76. The standard InChI is InChI=1S/C9H11.C5H5.2ClH.Zr/c1-2-3-6-9-7-4-5-8-9;1-2-4-5-3-1;;;/h2,4-5H,1,3,6-7H2;1-3H,4H2;2*1H;/q;;;;+2/p-2. The predicted octanol–water partition coefficient (Wildman–Crippen LogP) is -1.90. The first-order chi connectivity index (χ1) is 7.40. The van der Waals surface area contributed by atoms with E-state index in [2.05, 4.69) is 37.0 Å². The number of hydrogen-bond donors (Lipinski definition) is 0. The molecule has 2 rings (SSSR count). The molecule has 0 spiro atoms. The Balaban J connectivity index is 0.00000128. The second-order valence-corrected chi connectivity index (χ2v) is 7.42. The van der Waals surface area contributed by atoms with Gasteiger partial charge < -0.3 is 24.8 Å². The van der Waals surface area contributed by atoms with Crippen LogP contribution in [-0.2, 0) is 23.2 Å². The average molecular weight is 346 g/mol. The Kier molecular flexibility index (Phi) is 9.23. The molecule has 0 aromatic heterocycles. The molecule has 0 nitrogen and oxygen atoms in total. The number of rotatable bonds is 5. The monoisotopic (exact) mass is 344 g/mol. The summed E-state index contributed by atoms with van der Waals surface area (Å²) >= 11 is -0.446. The topological polar surface area (TPSA) is 0 Å². The molecule has 17 heavy (non-hydrogen) atoms. The molecule has 2 aliphatic carbocycles.